The molecule has 6 nitrogen and oxygen atoms in total. The second kappa shape index (κ2) is 8.47. The molecule has 0 aliphatic carbocycles. The molecule has 134 valence electrons. The number of nitrogens with one attached hydrogen (secondary N) is 2. The molecular formula is C16H15F3N2O4. The molecule has 0 aliphatic heterocycles. The summed E-state index contributed by atoms with van der Waals surface area (Å²) in [7, 11) is 0. The van der Waals surface area contributed by atoms with E-state index in [4.69, 9.17) is 10.2 Å². The van der Waals surface area contributed by atoms with E-state index in [1.54, 1.807) is 0 Å². The van der Waals surface area contributed by atoms with Crippen molar-refractivity contribution in [3.63, 3.8) is 0 Å². The fraction of sp³-hybridized carbons (Fsp3) is 0.188. The molecule has 4 N–H and O–H groups in total. The second-order valence-corrected chi connectivity index (χ2v) is 4.97. The molecule has 0 aliphatic rings. The first kappa shape index (κ1) is 18.7. The topological polar surface area (TPSA) is 90.8 Å². The van der Waals surface area contributed by atoms with Crippen LogP contribution in [0.1, 0.15) is 10.4 Å². The van der Waals surface area contributed by atoms with Gasteiger partial charge in [0.1, 0.15) is 18.5 Å². The highest BCUT2D eigenvalue weighted by atomic mass is 19.2. The summed E-state index contributed by atoms with van der Waals surface area (Å²) in [5.74, 6) is -4.28. The van der Waals surface area contributed by atoms with Gasteiger partial charge in [0.05, 0.1) is 23.5 Å². The zero-order chi connectivity index (χ0) is 18.4. The van der Waals surface area contributed by atoms with Crippen LogP contribution in [0.2, 0.25) is 0 Å². The molecule has 2 aromatic rings. The minimum Gasteiger partial charge on any atom is -0.394 e. The number of carbonyl (C=O) groups is 1. The van der Waals surface area contributed by atoms with E-state index in [-0.39, 0.29) is 11.3 Å². The lowest BCUT2D eigenvalue weighted by atomic mass is 10.1. The minimum absolute atomic E-state index is 0.155. The Hall–Kier alpha value is -2.62. The first-order valence-corrected chi connectivity index (χ1v) is 7.14. The average molecular weight is 356 g/mol. The number of aliphatic hydroxyl groups excluding tert-OH is 2. The summed E-state index contributed by atoms with van der Waals surface area (Å²) in [4.78, 5) is 16.7. The lowest BCUT2D eigenvalue weighted by Crippen LogP contribution is -2.30. The van der Waals surface area contributed by atoms with Crippen molar-refractivity contribution >= 4 is 17.3 Å². The fourth-order valence-corrected chi connectivity index (χ4v) is 1.87. The van der Waals surface area contributed by atoms with Crippen LogP contribution in [0.25, 0.3) is 0 Å². The molecule has 9 heteroatoms. The number of anilines is 2. The zero-order valence-electron chi connectivity index (χ0n) is 12.8. The molecule has 1 atom stereocenters. The summed E-state index contributed by atoms with van der Waals surface area (Å²) in [5, 5.41) is 20.1. The SMILES string of the molecule is O=C(NOCC(O)CO)c1ccc(F)c(F)c1Nc1ccccc1F. The Kier molecular flexibility index (Phi) is 6.34. The smallest absolute Gasteiger partial charge is 0.277 e. The molecule has 25 heavy (non-hydrogen) atoms. The van der Waals surface area contributed by atoms with Crippen molar-refractivity contribution in [3.8, 4) is 0 Å². The van der Waals surface area contributed by atoms with Crippen LogP contribution in [-0.4, -0.2) is 35.4 Å². The second-order valence-electron chi connectivity index (χ2n) is 4.97. The summed E-state index contributed by atoms with van der Waals surface area (Å²) in [5.41, 5.74) is 0.842. The van der Waals surface area contributed by atoms with Crippen LogP contribution in [0.15, 0.2) is 36.4 Å². The van der Waals surface area contributed by atoms with E-state index >= 15 is 0 Å². The molecule has 1 unspecified atom stereocenters. The van der Waals surface area contributed by atoms with Gasteiger partial charge in [-0.2, -0.15) is 0 Å². The van der Waals surface area contributed by atoms with E-state index in [1.165, 1.54) is 18.2 Å². The number of benzene rings is 2. The third-order valence-corrected chi connectivity index (χ3v) is 3.12. The Morgan fingerprint density at radius 3 is 2.52 bits per heavy atom. The average Bonchev–Trinajstić information content (AvgIpc) is 2.60. The van der Waals surface area contributed by atoms with Gasteiger partial charge in [-0.3, -0.25) is 9.63 Å². The van der Waals surface area contributed by atoms with Gasteiger partial charge in [-0.15, -0.1) is 0 Å². The van der Waals surface area contributed by atoms with Crippen molar-refractivity contribution in [2.24, 2.45) is 0 Å². The maximum Gasteiger partial charge on any atom is 0.277 e. The first-order valence-electron chi connectivity index (χ1n) is 7.14. The van der Waals surface area contributed by atoms with Gasteiger partial charge in [0.25, 0.3) is 5.91 Å². The summed E-state index contributed by atoms with van der Waals surface area (Å²) >= 11 is 0. The molecule has 0 heterocycles. The molecule has 0 saturated heterocycles. The molecule has 0 radical (unpaired) electrons. The molecule has 2 aromatic carbocycles. The molecule has 0 saturated carbocycles. The van der Waals surface area contributed by atoms with Crippen molar-refractivity contribution in [2.75, 3.05) is 18.5 Å². The number of amides is 1. The molecule has 0 fully saturated rings. The largest absolute Gasteiger partial charge is 0.394 e. The molecule has 0 bridgehead atoms. The minimum atomic E-state index is -1.37. The number of hydrogen-bond donors (Lipinski definition) is 4. The van der Waals surface area contributed by atoms with Crippen LogP contribution < -0.4 is 10.8 Å². The van der Waals surface area contributed by atoms with Crippen LogP contribution in [0.3, 0.4) is 0 Å². The van der Waals surface area contributed by atoms with E-state index in [1.807, 2.05) is 5.48 Å². The zero-order valence-corrected chi connectivity index (χ0v) is 12.8. The normalized spacial score (nSPS) is 11.9. The predicted molar refractivity (Wildman–Crippen MR) is 82.6 cm³/mol. The maximum atomic E-state index is 14.1. The highest BCUT2D eigenvalue weighted by molar-refractivity contribution is 5.99. The highest BCUT2D eigenvalue weighted by Gasteiger charge is 2.20. The van der Waals surface area contributed by atoms with Crippen molar-refractivity contribution in [1.82, 2.24) is 5.48 Å². The first-order chi connectivity index (χ1) is 11.9. The number of hydroxylamine groups is 1. The molecule has 0 aromatic heterocycles. The monoisotopic (exact) mass is 356 g/mol. The van der Waals surface area contributed by atoms with Gasteiger partial charge in [-0.05, 0) is 24.3 Å². The number of carbonyl (C=O) groups excluding carboxylic acids is 1. The predicted octanol–water partition coefficient (Wildman–Crippen LogP) is 1.86. The number of aliphatic hydroxyl groups is 2. The summed E-state index contributed by atoms with van der Waals surface area (Å²) in [6.07, 6.45) is -1.22. The lowest BCUT2D eigenvalue weighted by Gasteiger charge is -2.14. The standard InChI is InChI=1S/C16H15F3N2O4/c17-11-3-1-2-4-13(11)20-15-10(5-6-12(18)14(15)19)16(24)21-25-8-9(23)7-22/h1-6,9,20,22-23H,7-8H2,(H,21,24). The van der Waals surface area contributed by atoms with E-state index in [0.717, 1.165) is 18.2 Å². The highest BCUT2D eigenvalue weighted by Crippen LogP contribution is 2.27. The van der Waals surface area contributed by atoms with Gasteiger partial charge in [-0.25, -0.2) is 18.7 Å². The Labute approximate surface area is 140 Å². The van der Waals surface area contributed by atoms with Crippen LogP contribution in [0.5, 0.6) is 0 Å². The van der Waals surface area contributed by atoms with Gasteiger partial charge in [-0.1, -0.05) is 12.1 Å². The lowest BCUT2D eigenvalue weighted by molar-refractivity contribution is -0.0295. The number of halogens is 3. The van der Waals surface area contributed by atoms with Crippen molar-refractivity contribution < 1.29 is 33.0 Å². The van der Waals surface area contributed by atoms with Crippen molar-refractivity contribution in [3.05, 3.63) is 59.4 Å². The Balaban J connectivity index is 2.25. The fourth-order valence-electron chi connectivity index (χ4n) is 1.87. The molecular weight excluding hydrogens is 341 g/mol. The van der Waals surface area contributed by atoms with E-state index in [0.29, 0.717) is 0 Å². The molecule has 2 rings (SSSR count). The van der Waals surface area contributed by atoms with E-state index < -0.39 is 48.4 Å². The maximum absolute atomic E-state index is 14.1. The summed E-state index contributed by atoms with van der Waals surface area (Å²) < 4.78 is 41.3. The van der Waals surface area contributed by atoms with Crippen LogP contribution in [0, 0.1) is 17.5 Å². The summed E-state index contributed by atoms with van der Waals surface area (Å²) in [6, 6.07) is 7.01. The van der Waals surface area contributed by atoms with Gasteiger partial charge >= 0.3 is 0 Å². The van der Waals surface area contributed by atoms with Gasteiger partial charge in [0.2, 0.25) is 0 Å². The number of rotatable bonds is 7. The number of hydrogen-bond acceptors (Lipinski definition) is 5. The third kappa shape index (κ3) is 4.69. The van der Waals surface area contributed by atoms with Crippen molar-refractivity contribution in [1.29, 1.82) is 0 Å². The quantitative estimate of drug-likeness (QED) is 0.569. The van der Waals surface area contributed by atoms with E-state index in [2.05, 4.69) is 10.2 Å². The van der Waals surface area contributed by atoms with E-state index in [9.17, 15) is 18.0 Å². The summed E-state index contributed by atoms with van der Waals surface area (Å²) in [6.45, 7) is -0.997. The van der Waals surface area contributed by atoms with Gasteiger partial charge < -0.3 is 15.5 Å². The van der Waals surface area contributed by atoms with Crippen LogP contribution >= 0.6 is 0 Å². The van der Waals surface area contributed by atoms with Gasteiger partial charge in [0, 0.05) is 0 Å². The molecule has 1 amide bonds. The molecule has 0 spiro atoms. The Bertz CT molecular complexity index is 758. The van der Waals surface area contributed by atoms with Crippen LogP contribution in [0.4, 0.5) is 24.5 Å². The number of para-hydroxylation sites is 1. The Morgan fingerprint density at radius 1 is 1.12 bits per heavy atom. The van der Waals surface area contributed by atoms with Gasteiger partial charge in [0.15, 0.2) is 11.6 Å². The van der Waals surface area contributed by atoms with Crippen LogP contribution in [-0.2, 0) is 4.84 Å². The Morgan fingerprint density at radius 2 is 1.84 bits per heavy atom. The third-order valence-electron chi connectivity index (χ3n) is 3.12. The van der Waals surface area contributed by atoms with Crippen molar-refractivity contribution in [2.45, 2.75) is 6.10 Å².